The van der Waals surface area contributed by atoms with Crippen molar-refractivity contribution in [3.8, 4) is 11.5 Å². The summed E-state index contributed by atoms with van der Waals surface area (Å²) in [6.45, 7) is 8.47. The average molecular weight is 552 g/mol. The van der Waals surface area contributed by atoms with Gasteiger partial charge in [-0.15, -0.1) is 24.0 Å². The minimum absolute atomic E-state index is 0. The van der Waals surface area contributed by atoms with Crippen molar-refractivity contribution in [1.82, 2.24) is 16.0 Å². The molecule has 0 fully saturated rings. The first-order chi connectivity index (χ1) is 15.0. The third kappa shape index (κ3) is 6.75. The highest BCUT2D eigenvalue weighted by Gasteiger charge is 2.22. The zero-order valence-electron chi connectivity index (χ0n) is 19.2. The molecule has 3 N–H and O–H groups in total. The molecular weight excluding hydrogens is 519 g/mol. The predicted molar refractivity (Wildman–Crippen MR) is 138 cm³/mol. The van der Waals surface area contributed by atoms with Crippen molar-refractivity contribution in [2.45, 2.75) is 46.4 Å². The fraction of sp³-hybridized carbons (Fsp3) is 0.417. The number of amides is 1. The Bertz CT molecular complexity index is 949. The third-order valence-electron chi connectivity index (χ3n) is 5.01. The molecule has 7 nitrogen and oxygen atoms in total. The highest BCUT2D eigenvalue weighted by molar-refractivity contribution is 14.0. The van der Waals surface area contributed by atoms with E-state index in [-0.39, 0.29) is 36.0 Å². The van der Waals surface area contributed by atoms with Crippen molar-refractivity contribution < 1.29 is 14.3 Å². The molecular formula is C24H33IN4O3. The topological polar surface area (TPSA) is 84.0 Å². The van der Waals surface area contributed by atoms with Crippen LogP contribution in [0.3, 0.4) is 0 Å². The molecule has 1 amide bonds. The van der Waals surface area contributed by atoms with E-state index in [0.717, 1.165) is 35.6 Å². The molecule has 1 heterocycles. The Hall–Kier alpha value is -2.49. The molecule has 2 aromatic rings. The Kier molecular flexibility index (Phi) is 10.1. The maximum Gasteiger partial charge on any atom is 0.251 e. The summed E-state index contributed by atoms with van der Waals surface area (Å²) in [5.41, 5.74) is 3.81. The van der Waals surface area contributed by atoms with Gasteiger partial charge in [-0.1, -0.05) is 12.1 Å². The number of hydrogen-bond acceptors (Lipinski definition) is 4. The second kappa shape index (κ2) is 12.5. The van der Waals surface area contributed by atoms with Gasteiger partial charge in [0.05, 0.1) is 13.2 Å². The van der Waals surface area contributed by atoms with E-state index in [1.54, 1.807) is 13.1 Å². The lowest BCUT2D eigenvalue weighted by Gasteiger charge is -2.15. The standard InChI is InChI=1S/C24H32N4O3.HI/c1-5-26-24(27-14-17-8-7-9-18(11-17)23(29)25-4)28-15-20-13-22-19(10-16(3)31-22)12-21(20)30-6-2;/h7-9,11-13,16H,5-6,10,14-15H2,1-4H3,(H,25,29)(H2,26,27,28);1H. The van der Waals surface area contributed by atoms with E-state index in [0.29, 0.717) is 31.2 Å². The first-order valence-electron chi connectivity index (χ1n) is 10.8. The number of nitrogens with one attached hydrogen (secondary N) is 3. The van der Waals surface area contributed by atoms with E-state index in [4.69, 9.17) is 9.47 Å². The summed E-state index contributed by atoms with van der Waals surface area (Å²) >= 11 is 0. The van der Waals surface area contributed by atoms with Gasteiger partial charge in [-0.05, 0) is 50.6 Å². The van der Waals surface area contributed by atoms with Gasteiger partial charge >= 0.3 is 0 Å². The molecule has 1 unspecified atom stereocenters. The number of fused-ring (bicyclic) bond motifs is 1. The lowest BCUT2D eigenvalue weighted by molar-refractivity contribution is 0.0963. The molecule has 0 saturated heterocycles. The summed E-state index contributed by atoms with van der Waals surface area (Å²) in [4.78, 5) is 16.5. The van der Waals surface area contributed by atoms with Crippen LogP contribution in [0, 0.1) is 0 Å². The van der Waals surface area contributed by atoms with Crippen LogP contribution in [0.2, 0.25) is 0 Å². The monoisotopic (exact) mass is 552 g/mol. The van der Waals surface area contributed by atoms with Gasteiger partial charge in [-0.25, -0.2) is 4.99 Å². The quantitative estimate of drug-likeness (QED) is 0.265. The predicted octanol–water partition coefficient (Wildman–Crippen LogP) is 3.64. The number of benzene rings is 2. The summed E-state index contributed by atoms with van der Waals surface area (Å²) in [7, 11) is 1.63. The van der Waals surface area contributed by atoms with Crippen LogP contribution in [0.4, 0.5) is 0 Å². The average Bonchev–Trinajstić information content (AvgIpc) is 3.14. The van der Waals surface area contributed by atoms with Crippen LogP contribution in [0.25, 0.3) is 0 Å². The largest absolute Gasteiger partial charge is 0.494 e. The molecule has 8 heteroatoms. The molecule has 0 radical (unpaired) electrons. The second-order valence-corrected chi connectivity index (χ2v) is 7.46. The molecule has 1 aliphatic rings. The zero-order valence-corrected chi connectivity index (χ0v) is 21.5. The third-order valence-corrected chi connectivity index (χ3v) is 5.01. The van der Waals surface area contributed by atoms with Crippen molar-refractivity contribution in [3.05, 3.63) is 58.7 Å². The maximum absolute atomic E-state index is 11.9. The molecule has 1 aliphatic heterocycles. The molecule has 0 saturated carbocycles. The van der Waals surface area contributed by atoms with Crippen LogP contribution in [-0.4, -0.2) is 38.2 Å². The van der Waals surface area contributed by atoms with Crippen molar-refractivity contribution in [2.75, 3.05) is 20.2 Å². The Morgan fingerprint density at radius 2 is 2.03 bits per heavy atom. The lowest BCUT2D eigenvalue weighted by Crippen LogP contribution is -2.36. The Labute approximate surface area is 207 Å². The number of nitrogens with zero attached hydrogens (tertiary/aromatic N) is 1. The summed E-state index contributed by atoms with van der Waals surface area (Å²) in [6, 6.07) is 11.6. The van der Waals surface area contributed by atoms with Crippen molar-refractivity contribution in [1.29, 1.82) is 0 Å². The number of guanidine groups is 1. The molecule has 2 aromatic carbocycles. The van der Waals surface area contributed by atoms with E-state index in [2.05, 4.69) is 40.0 Å². The van der Waals surface area contributed by atoms with E-state index in [1.807, 2.05) is 32.0 Å². The van der Waals surface area contributed by atoms with Crippen LogP contribution in [0.15, 0.2) is 41.4 Å². The minimum atomic E-state index is -0.104. The lowest BCUT2D eigenvalue weighted by atomic mass is 10.1. The van der Waals surface area contributed by atoms with Gasteiger partial charge in [0.2, 0.25) is 0 Å². The van der Waals surface area contributed by atoms with Gasteiger partial charge in [0.1, 0.15) is 17.6 Å². The number of aliphatic imine (C=N–C) groups is 1. The number of halogens is 1. The van der Waals surface area contributed by atoms with Gasteiger partial charge in [-0.3, -0.25) is 4.79 Å². The summed E-state index contributed by atoms with van der Waals surface area (Å²) < 4.78 is 11.8. The highest BCUT2D eigenvalue weighted by atomic mass is 127. The first kappa shape index (κ1) is 25.8. The van der Waals surface area contributed by atoms with Gasteiger partial charge < -0.3 is 25.4 Å². The van der Waals surface area contributed by atoms with E-state index in [1.165, 1.54) is 5.56 Å². The van der Waals surface area contributed by atoms with E-state index >= 15 is 0 Å². The zero-order chi connectivity index (χ0) is 22.2. The Morgan fingerprint density at radius 3 is 2.75 bits per heavy atom. The number of hydrogen-bond donors (Lipinski definition) is 3. The summed E-state index contributed by atoms with van der Waals surface area (Å²) in [5, 5.41) is 9.30. The highest BCUT2D eigenvalue weighted by Crippen LogP contribution is 2.35. The molecule has 32 heavy (non-hydrogen) atoms. The molecule has 1 atom stereocenters. The molecule has 0 aromatic heterocycles. The fourth-order valence-electron chi connectivity index (χ4n) is 3.56. The van der Waals surface area contributed by atoms with Crippen molar-refractivity contribution in [3.63, 3.8) is 0 Å². The summed E-state index contributed by atoms with van der Waals surface area (Å²) in [5.74, 6) is 2.40. The Morgan fingerprint density at radius 1 is 1.22 bits per heavy atom. The van der Waals surface area contributed by atoms with Crippen molar-refractivity contribution >= 4 is 35.8 Å². The maximum atomic E-state index is 11.9. The van der Waals surface area contributed by atoms with Crippen LogP contribution in [-0.2, 0) is 19.5 Å². The normalized spacial score (nSPS) is 14.6. The van der Waals surface area contributed by atoms with Gasteiger partial charge in [0.15, 0.2) is 5.96 Å². The van der Waals surface area contributed by atoms with Gasteiger partial charge in [-0.2, -0.15) is 0 Å². The second-order valence-electron chi connectivity index (χ2n) is 7.46. The van der Waals surface area contributed by atoms with Crippen LogP contribution in [0.1, 0.15) is 47.8 Å². The summed E-state index contributed by atoms with van der Waals surface area (Å²) in [6.07, 6.45) is 1.10. The van der Waals surface area contributed by atoms with E-state index in [9.17, 15) is 4.79 Å². The number of rotatable bonds is 8. The van der Waals surface area contributed by atoms with Crippen LogP contribution >= 0.6 is 24.0 Å². The molecule has 174 valence electrons. The minimum Gasteiger partial charge on any atom is -0.494 e. The van der Waals surface area contributed by atoms with E-state index < -0.39 is 0 Å². The number of carbonyl (C=O) groups is 1. The first-order valence-corrected chi connectivity index (χ1v) is 10.8. The number of ether oxygens (including phenoxy) is 2. The molecule has 0 aliphatic carbocycles. The fourth-order valence-corrected chi connectivity index (χ4v) is 3.56. The Balaban J connectivity index is 0.00000363. The van der Waals surface area contributed by atoms with Crippen LogP contribution in [0.5, 0.6) is 11.5 Å². The molecule has 0 spiro atoms. The van der Waals surface area contributed by atoms with Crippen LogP contribution < -0.4 is 25.4 Å². The van der Waals surface area contributed by atoms with Crippen molar-refractivity contribution in [2.24, 2.45) is 4.99 Å². The van der Waals surface area contributed by atoms with Gasteiger partial charge in [0, 0.05) is 43.2 Å². The molecule has 0 bridgehead atoms. The smallest absolute Gasteiger partial charge is 0.251 e. The SMILES string of the molecule is CCNC(=NCc1cccc(C(=O)NC)c1)NCc1cc2c(cc1OCC)CC(C)O2.I. The van der Waals surface area contributed by atoms with Gasteiger partial charge in [0.25, 0.3) is 5.91 Å². The molecule has 3 rings (SSSR count). The number of carbonyl (C=O) groups excluding carboxylic acids is 1.